The minimum atomic E-state index is -3.17. The molecule has 1 saturated carbocycles. The van der Waals surface area contributed by atoms with Gasteiger partial charge in [0.15, 0.2) is 0 Å². The van der Waals surface area contributed by atoms with E-state index < -0.39 is 13.7 Å². The van der Waals surface area contributed by atoms with E-state index in [2.05, 4.69) is 20.8 Å². The van der Waals surface area contributed by atoms with Gasteiger partial charge in [0.2, 0.25) is 0 Å². The second kappa shape index (κ2) is 7.09. The van der Waals surface area contributed by atoms with Gasteiger partial charge in [-0.05, 0) is 42.7 Å². The van der Waals surface area contributed by atoms with Crippen molar-refractivity contribution < 1.29 is 14.2 Å². The zero-order valence-electron chi connectivity index (χ0n) is 13.2. The number of hydrogen-bond donors (Lipinski definition) is 1. The molecule has 0 aromatic heterocycles. The first kappa shape index (κ1) is 16.7. The van der Waals surface area contributed by atoms with Crippen LogP contribution in [0.3, 0.4) is 0 Å². The van der Waals surface area contributed by atoms with Gasteiger partial charge >= 0.3 is 0 Å². The van der Waals surface area contributed by atoms with Crippen molar-refractivity contribution in [3.8, 4) is 0 Å². The SMILES string of the molecule is CC(C)[C@@H]1CC[C@@H](C)C[C@H]1OP(=O)(CO)c1ccccc1. The van der Waals surface area contributed by atoms with Crippen molar-refractivity contribution in [1.29, 1.82) is 0 Å². The van der Waals surface area contributed by atoms with Crippen LogP contribution in [0.2, 0.25) is 0 Å². The zero-order valence-corrected chi connectivity index (χ0v) is 14.1. The molecule has 0 amide bonds. The van der Waals surface area contributed by atoms with Crippen LogP contribution < -0.4 is 5.30 Å². The Hall–Kier alpha value is -0.630. The molecule has 1 aromatic carbocycles. The molecule has 21 heavy (non-hydrogen) atoms. The molecule has 0 spiro atoms. The second-order valence-electron chi connectivity index (χ2n) is 6.62. The quantitative estimate of drug-likeness (QED) is 0.836. The lowest BCUT2D eigenvalue weighted by molar-refractivity contribution is 0.0471. The molecule has 118 valence electrons. The lowest BCUT2D eigenvalue weighted by atomic mass is 9.75. The molecule has 1 fully saturated rings. The number of rotatable bonds is 5. The third-order valence-electron chi connectivity index (χ3n) is 4.60. The summed E-state index contributed by atoms with van der Waals surface area (Å²) in [4.78, 5) is 0. The van der Waals surface area contributed by atoms with Crippen LogP contribution in [0.1, 0.15) is 40.0 Å². The van der Waals surface area contributed by atoms with Crippen LogP contribution in [0, 0.1) is 17.8 Å². The summed E-state index contributed by atoms with van der Waals surface area (Å²) in [7, 11) is -3.17. The summed E-state index contributed by atoms with van der Waals surface area (Å²) in [5, 5.41) is 10.3. The predicted octanol–water partition coefficient (Wildman–Crippen LogP) is 4.02. The Kier molecular flexibility index (Phi) is 5.65. The first-order chi connectivity index (χ1) is 9.96. The molecule has 0 radical (unpaired) electrons. The van der Waals surface area contributed by atoms with E-state index in [1.54, 1.807) is 12.1 Å². The average molecular weight is 310 g/mol. The van der Waals surface area contributed by atoms with Gasteiger partial charge in [-0.15, -0.1) is 0 Å². The Morgan fingerprint density at radius 3 is 2.52 bits per heavy atom. The fourth-order valence-corrected chi connectivity index (χ4v) is 4.94. The van der Waals surface area contributed by atoms with Crippen molar-refractivity contribution in [3.63, 3.8) is 0 Å². The lowest BCUT2D eigenvalue weighted by Gasteiger charge is -2.38. The van der Waals surface area contributed by atoms with E-state index in [0.29, 0.717) is 23.1 Å². The molecular weight excluding hydrogens is 283 g/mol. The molecule has 0 bridgehead atoms. The maximum atomic E-state index is 13.1. The van der Waals surface area contributed by atoms with Crippen LogP contribution in [0.4, 0.5) is 0 Å². The number of hydrogen-bond acceptors (Lipinski definition) is 3. The molecule has 3 nitrogen and oxygen atoms in total. The summed E-state index contributed by atoms with van der Waals surface area (Å²) in [5.41, 5.74) is 0. The Labute approximate surface area is 128 Å². The summed E-state index contributed by atoms with van der Waals surface area (Å²) in [6.07, 6.45) is 2.81. The van der Waals surface area contributed by atoms with Crippen LogP contribution in [0.15, 0.2) is 30.3 Å². The summed E-state index contributed by atoms with van der Waals surface area (Å²) in [6.45, 7) is 6.62. The Bertz CT molecular complexity index is 486. The first-order valence-corrected chi connectivity index (χ1v) is 9.71. The van der Waals surface area contributed by atoms with Crippen LogP contribution in [0.25, 0.3) is 0 Å². The van der Waals surface area contributed by atoms with Gasteiger partial charge in [0.05, 0.1) is 6.10 Å². The highest BCUT2D eigenvalue weighted by molar-refractivity contribution is 7.66. The number of aliphatic hydroxyl groups excluding tert-OH is 1. The van der Waals surface area contributed by atoms with Gasteiger partial charge in [-0.2, -0.15) is 0 Å². The van der Waals surface area contributed by atoms with Gasteiger partial charge in [-0.3, -0.25) is 4.57 Å². The number of benzene rings is 1. The van der Waals surface area contributed by atoms with E-state index in [1.807, 2.05) is 18.2 Å². The highest BCUT2D eigenvalue weighted by atomic mass is 31.2. The summed E-state index contributed by atoms with van der Waals surface area (Å²) < 4.78 is 19.1. The monoisotopic (exact) mass is 310 g/mol. The van der Waals surface area contributed by atoms with Crippen molar-refractivity contribution in [2.75, 3.05) is 6.35 Å². The highest BCUT2D eigenvalue weighted by Gasteiger charge is 2.37. The smallest absolute Gasteiger partial charge is 0.256 e. The minimum absolute atomic E-state index is 0.0214. The topological polar surface area (TPSA) is 46.5 Å². The van der Waals surface area contributed by atoms with Crippen molar-refractivity contribution >= 4 is 12.7 Å². The fourth-order valence-electron chi connectivity index (χ4n) is 3.29. The molecule has 2 rings (SSSR count). The molecule has 0 heterocycles. The van der Waals surface area contributed by atoms with E-state index >= 15 is 0 Å². The van der Waals surface area contributed by atoms with E-state index in [9.17, 15) is 9.67 Å². The zero-order chi connectivity index (χ0) is 15.5. The molecular formula is C17H27O3P. The van der Waals surface area contributed by atoms with Gasteiger partial charge in [0.1, 0.15) is 6.35 Å². The molecule has 0 aliphatic heterocycles. The molecule has 1 aliphatic carbocycles. The van der Waals surface area contributed by atoms with Gasteiger partial charge in [0, 0.05) is 5.30 Å². The van der Waals surface area contributed by atoms with Gasteiger partial charge < -0.3 is 9.63 Å². The van der Waals surface area contributed by atoms with Crippen LogP contribution in [-0.2, 0) is 9.09 Å². The third-order valence-corrected chi connectivity index (χ3v) is 6.67. The summed E-state index contributed by atoms with van der Waals surface area (Å²) in [5.74, 6) is 1.52. The highest BCUT2D eigenvalue weighted by Crippen LogP contribution is 2.50. The van der Waals surface area contributed by atoms with E-state index in [0.717, 1.165) is 12.8 Å². The first-order valence-electron chi connectivity index (χ1n) is 7.90. The molecule has 4 heteroatoms. The van der Waals surface area contributed by atoms with Crippen molar-refractivity contribution in [2.24, 2.45) is 17.8 Å². The molecule has 1 aromatic rings. The number of aliphatic hydroxyl groups is 1. The van der Waals surface area contributed by atoms with Crippen LogP contribution in [0.5, 0.6) is 0 Å². The van der Waals surface area contributed by atoms with E-state index in [-0.39, 0.29) is 6.10 Å². The van der Waals surface area contributed by atoms with Gasteiger partial charge in [-0.25, -0.2) is 0 Å². The Balaban J connectivity index is 2.21. The molecule has 1 aliphatic rings. The minimum Gasteiger partial charge on any atom is -0.386 e. The average Bonchev–Trinajstić information content (AvgIpc) is 2.47. The largest absolute Gasteiger partial charge is 0.386 e. The fraction of sp³-hybridized carbons (Fsp3) is 0.647. The molecule has 4 atom stereocenters. The van der Waals surface area contributed by atoms with Crippen molar-refractivity contribution in [2.45, 2.75) is 46.1 Å². The van der Waals surface area contributed by atoms with Gasteiger partial charge in [-0.1, -0.05) is 45.4 Å². The maximum Gasteiger partial charge on any atom is 0.256 e. The standard InChI is InChI=1S/C17H27O3P/c1-13(2)16-10-9-14(3)11-17(16)20-21(19,12-18)15-7-5-4-6-8-15/h4-8,13-14,16-18H,9-12H2,1-3H3/t14-,16+,17-,21?/m1/s1. The van der Waals surface area contributed by atoms with Crippen LogP contribution >= 0.6 is 7.37 Å². The Morgan fingerprint density at radius 1 is 1.29 bits per heavy atom. The van der Waals surface area contributed by atoms with Crippen LogP contribution in [-0.4, -0.2) is 17.6 Å². The molecule has 0 saturated heterocycles. The predicted molar refractivity (Wildman–Crippen MR) is 87.0 cm³/mol. The van der Waals surface area contributed by atoms with E-state index in [4.69, 9.17) is 4.52 Å². The normalized spacial score (nSPS) is 29.3. The van der Waals surface area contributed by atoms with Crippen molar-refractivity contribution in [3.05, 3.63) is 30.3 Å². The Morgan fingerprint density at radius 2 is 1.95 bits per heavy atom. The third kappa shape index (κ3) is 3.97. The lowest BCUT2D eigenvalue weighted by Crippen LogP contribution is -2.34. The maximum absolute atomic E-state index is 13.1. The summed E-state index contributed by atoms with van der Waals surface area (Å²) >= 11 is 0. The summed E-state index contributed by atoms with van der Waals surface area (Å²) in [6, 6.07) is 9.13. The molecule has 1 N–H and O–H groups in total. The second-order valence-corrected chi connectivity index (χ2v) is 8.98. The van der Waals surface area contributed by atoms with Gasteiger partial charge in [0.25, 0.3) is 7.37 Å². The van der Waals surface area contributed by atoms with E-state index in [1.165, 1.54) is 6.42 Å². The molecule has 1 unspecified atom stereocenters. The van der Waals surface area contributed by atoms with Crippen molar-refractivity contribution in [1.82, 2.24) is 0 Å².